The predicted octanol–water partition coefficient (Wildman–Crippen LogP) is 4.75. The Morgan fingerprint density at radius 1 is 1.04 bits per heavy atom. The van der Waals surface area contributed by atoms with Crippen molar-refractivity contribution in [2.45, 2.75) is 26.7 Å². The highest BCUT2D eigenvalue weighted by Crippen LogP contribution is 2.26. The SMILES string of the molecule is CCCC(=O)Nc1ccc(Cl)c(NC(=O)c2cccc(OCCOCC)c2)c1. The van der Waals surface area contributed by atoms with Gasteiger partial charge >= 0.3 is 0 Å². The van der Waals surface area contributed by atoms with Crippen LogP contribution in [0.25, 0.3) is 0 Å². The van der Waals surface area contributed by atoms with E-state index < -0.39 is 0 Å². The van der Waals surface area contributed by atoms with E-state index in [0.29, 0.717) is 54.0 Å². The Labute approximate surface area is 170 Å². The molecule has 2 aromatic rings. The van der Waals surface area contributed by atoms with Crippen molar-refractivity contribution in [3.63, 3.8) is 0 Å². The van der Waals surface area contributed by atoms with Crippen molar-refractivity contribution in [2.75, 3.05) is 30.5 Å². The quantitative estimate of drug-likeness (QED) is 0.560. The van der Waals surface area contributed by atoms with Crippen LogP contribution in [-0.2, 0) is 9.53 Å². The molecule has 28 heavy (non-hydrogen) atoms. The van der Waals surface area contributed by atoms with Crippen molar-refractivity contribution >= 4 is 34.8 Å². The number of halogens is 1. The van der Waals surface area contributed by atoms with Crippen molar-refractivity contribution in [2.24, 2.45) is 0 Å². The Bertz CT molecular complexity index is 811. The normalized spacial score (nSPS) is 10.4. The van der Waals surface area contributed by atoms with Crippen LogP contribution in [0, 0.1) is 0 Å². The summed E-state index contributed by atoms with van der Waals surface area (Å²) in [5.74, 6) is 0.173. The van der Waals surface area contributed by atoms with E-state index in [1.54, 1.807) is 42.5 Å². The van der Waals surface area contributed by atoms with Gasteiger partial charge < -0.3 is 20.1 Å². The van der Waals surface area contributed by atoms with Crippen LogP contribution >= 0.6 is 11.6 Å². The third kappa shape index (κ3) is 6.87. The molecule has 0 bridgehead atoms. The molecule has 2 aromatic carbocycles. The van der Waals surface area contributed by atoms with Crippen molar-refractivity contribution in [1.29, 1.82) is 0 Å². The Kier molecular flexibility index (Phi) is 8.78. The molecule has 0 aliphatic heterocycles. The highest BCUT2D eigenvalue weighted by Gasteiger charge is 2.11. The number of hydrogen-bond donors (Lipinski definition) is 2. The summed E-state index contributed by atoms with van der Waals surface area (Å²) in [6, 6.07) is 11.8. The minimum atomic E-state index is -0.325. The van der Waals surface area contributed by atoms with E-state index in [4.69, 9.17) is 21.1 Å². The molecule has 0 radical (unpaired) electrons. The van der Waals surface area contributed by atoms with Gasteiger partial charge in [0.1, 0.15) is 12.4 Å². The zero-order valence-electron chi connectivity index (χ0n) is 16.1. The highest BCUT2D eigenvalue weighted by atomic mass is 35.5. The maximum atomic E-state index is 12.6. The fourth-order valence-corrected chi connectivity index (χ4v) is 2.60. The van der Waals surface area contributed by atoms with Gasteiger partial charge in [-0.05, 0) is 49.7 Å². The lowest BCUT2D eigenvalue weighted by Crippen LogP contribution is -2.14. The predicted molar refractivity (Wildman–Crippen MR) is 111 cm³/mol. The van der Waals surface area contributed by atoms with Crippen LogP contribution in [0.5, 0.6) is 5.75 Å². The average Bonchev–Trinajstić information content (AvgIpc) is 2.68. The van der Waals surface area contributed by atoms with Gasteiger partial charge in [0.25, 0.3) is 5.91 Å². The Balaban J connectivity index is 2.04. The first-order valence-electron chi connectivity index (χ1n) is 9.24. The number of benzene rings is 2. The lowest BCUT2D eigenvalue weighted by molar-refractivity contribution is -0.116. The molecular formula is C21H25ClN2O4. The summed E-state index contributed by atoms with van der Waals surface area (Å²) in [7, 11) is 0. The van der Waals surface area contributed by atoms with E-state index in [-0.39, 0.29) is 11.8 Å². The number of anilines is 2. The summed E-state index contributed by atoms with van der Waals surface area (Å²) >= 11 is 6.19. The van der Waals surface area contributed by atoms with Crippen molar-refractivity contribution in [3.05, 3.63) is 53.1 Å². The minimum Gasteiger partial charge on any atom is -0.491 e. The topological polar surface area (TPSA) is 76.7 Å². The van der Waals surface area contributed by atoms with Gasteiger partial charge in [-0.25, -0.2) is 0 Å². The second kappa shape index (κ2) is 11.3. The van der Waals surface area contributed by atoms with Crippen molar-refractivity contribution in [1.82, 2.24) is 0 Å². The van der Waals surface area contributed by atoms with Gasteiger partial charge in [-0.2, -0.15) is 0 Å². The molecule has 0 aliphatic rings. The number of carbonyl (C=O) groups is 2. The molecule has 7 heteroatoms. The van der Waals surface area contributed by atoms with Gasteiger partial charge in [-0.1, -0.05) is 24.6 Å². The molecule has 0 fully saturated rings. The maximum Gasteiger partial charge on any atom is 0.255 e. The molecule has 0 saturated carbocycles. The Morgan fingerprint density at radius 3 is 2.61 bits per heavy atom. The first-order chi connectivity index (χ1) is 13.5. The smallest absolute Gasteiger partial charge is 0.255 e. The number of amides is 2. The van der Waals surface area contributed by atoms with Crippen molar-refractivity contribution < 1.29 is 19.1 Å². The molecular weight excluding hydrogens is 380 g/mol. The third-order valence-corrected chi connectivity index (χ3v) is 4.10. The van der Waals surface area contributed by atoms with Gasteiger partial charge in [0.2, 0.25) is 5.91 Å². The average molecular weight is 405 g/mol. The summed E-state index contributed by atoms with van der Waals surface area (Å²) in [6.45, 7) is 5.37. The largest absolute Gasteiger partial charge is 0.491 e. The van der Waals surface area contributed by atoms with Gasteiger partial charge in [0.15, 0.2) is 0 Å². The number of ether oxygens (including phenoxy) is 2. The summed E-state index contributed by atoms with van der Waals surface area (Å²) in [5.41, 5.74) is 1.43. The molecule has 0 unspecified atom stereocenters. The van der Waals surface area contributed by atoms with Crippen LogP contribution in [-0.4, -0.2) is 31.6 Å². The van der Waals surface area contributed by atoms with E-state index >= 15 is 0 Å². The first-order valence-corrected chi connectivity index (χ1v) is 9.62. The summed E-state index contributed by atoms with van der Waals surface area (Å²) < 4.78 is 10.8. The molecule has 2 rings (SSSR count). The molecule has 150 valence electrons. The molecule has 2 amide bonds. The van der Waals surface area contributed by atoms with Crippen LogP contribution in [0.3, 0.4) is 0 Å². The summed E-state index contributed by atoms with van der Waals surface area (Å²) in [5, 5.41) is 5.94. The van der Waals surface area contributed by atoms with Gasteiger partial charge in [-0.3, -0.25) is 9.59 Å². The molecule has 6 nitrogen and oxygen atoms in total. The number of hydrogen-bond acceptors (Lipinski definition) is 4. The van der Waals surface area contributed by atoms with Gasteiger partial charge in [0, 0.05) is 24.3 Å². The standard InChI is InChI=1S/C21H25ClN2O4/c1-3-6-20(25)23-16-9-10-18(22)19(14-16)24-21(26)15-7-5-8-17(13-15)28-12-11-27-4-2/h5,7-10,13-14H,3-4,6,11-12H2,1-2H3,(H,23,25)(H,24,26). The lowest BCUT2D eigenvalue weighted by atomic mass is 10.2. The number of rotatable bonds is 10. The van der Waals surface area contributed by atoms with E-state index in [0.717, 1.165) is 6.42 Å². The van der Waals surface area contributed by atoms with Crippen LogP contribution < -0.4 is 15.4 Å². The van der Waals surface area contributed by atoms with E-state index in [1.807, 2.05) is 13.8 Å². The second-order valence-electron chi connectivity index (χ2n) is 6.02. The van der Waals surface area contributed by atoms with Crippen LogP contribution in [0.4, 0.5) is 11.4 Å². The summed E-state index contributed by atoms with van der Waals surface area (Å²) in [4.78, 5) is 24.4. The monoisotopic (exact) mass is 404 g/mol. The first kappa shape index (κ1) is 21.7. The van der Waals surface area contributed by atoms with Gasteiger partial charge in [0.05, 0.1) is 17.3 Å². The van der Waals surface area contributed by atoms with E-state index in [9.17, 15) is 9.59 Å². The summed E-state index contributed by atoms with van der Waals surface area (Å²) in [6.07, 6.45) is 1.19. The zero-order chi connectivity index (χ0) is 20.4. The maximum absolute atomic E-state index is 12.6. The molecule has 0 saturated heterocycles. The third-order valence-electron chi connectivity index (χ3n) is 3.77. The number of carbonyl (C=O) groups excluding carboxylic acids is 2. The molecule has 2 N–H and O–H groups in total. The van der Waals surface area contributed by atoms with Crippen LogP contribution in [0.1, 0.15) is 37.0 Å². The highest BCUT2D eigenvalue weighted by molar-refractivity contribution is 6.34. The molecule has 0 heterocycles. The minimum absolute atomic E-state index is 0.0843. The van der Waals surface area contributed by atoms with E-state index in [2.05, 4.69) is 10.6 Å². The molecule has 0 atom stereocenters. The Hall–Kier alpha value is -2.57. The molecule has 0 spiro atoms. The van der Waals surface area contributed by atoms with Gasteiger partial charge in [-0.15, -0.1) is 0 Å². The fourth-order valence-electron chi connectivity index (χ4n) is 2.43. The number of nitrogens with one attached hydrogen (secondary N) is 2. The lowest BCUT2D eigenvalue weighted by Gasteiger charge is -2.11. The van der Waals surface area contributed by atoms with Crippen LogP contribution in [0.15, 0.2) is 42.5 Å². The zero-order valence-corrected chi connectivity index (χ0v) is 16.8. The fraction of sp³-hybridized carbons (Fsp3) is 0.333. The van der Waals surface area contributed by atoms with E-state index in [1.165, 1.54) is 0 Å². The van der Waals surface area contributed by atoms with Crippen LogP contribution in [0.2, 0.25) is 5.02 Å². The molecule has 0 aromatic heterocycles. The van der Waals surface area contributed by atoms with Crippen molar-refractivity contribution in [3.8, 4) is 5.75 Å². The molecule has 0 aliphatic carbocycles. The second-order valence-corrected chi connectivity index (χ2v) is 6.43. The Morgan fingerprint density at radius 2 is 1.86 bits per heavy atom.